The molecule has 98 valence electrons. The average molecular weight is 312 g/mol. The zero-order valence-corrected chi connectivity index (χ0v) is 12.2. The number of aromatic nitrogens is 1. The largest absolute Gasteiger partial charge is 0.382 e. The van der Waals surface area contributed by atoms with Crippen molar-refractivity contribution in [1.82, 2.24) is 4.98 Å². The number of nitrogens with two attached hydrogens (primary N) is 1. The molecule has 0 radical (unpaired) electrons. The first-order chi connectivity index (χ1) is 9.08. The Morgan fingerprint density at radius 1 is 1.32 bits per heavy atom. The summed E-state index contributed by atoms with van der Waals surface area (Å²) in [5.41, 5.74) is 6.91. The summed E-state index contributed by atoms with van der Waals surface area (Å²) < 4.78 is 0. The zero-order chi connectivity index (χ0) is 13.8. The maximum absolute atomic E-state index is 7.49. The van der Waals surface area contributed by atoms with E-state index in [0.29, 0.717) is 21.5 Å². The molecule has 3 nitrogen and oxygen atoms in total. The Labute approximate surface area is 125 Å². The van der Waals surface area contributed by atoms with Crippen LogP contribution in [0.1, 0.15) is 11.3 Å². The summed E-state index contributed by atoms with van der Waals surface area (Å²) in [6.07, 6.45) is 1.62. The van der Waals surface area contributed by atoms with Gasteiger partial charge in [-0.05, 0) is 29.8 Å². The van der Waals surface area contributed by atoms with E-state index >= 15 is 0 Å². The molecule has 3 N–H and O–H groups in total. The molecule has 2 aromatic rings. The summed E-state index contributed by atoms with van der Waals surface area (Å²) in [5.74, 6) is 0.594. The first-order valence-corrected chi connectivity index (χ1v) is 7.18. The Kier molecular flexibility index (Phi) is 4.69. The lowest BCUT2D eigenvalue weighted by Crippen LogP contribution is -2.15. The number of rotatable bonds is 4. The van der Waals surface area contributed by atoms with Crippen LogP contribution in [-0.4, -0.2) is 10.8 Å². The fourth-order valence-corrected chi connectivity index (χ4v) is 3.02. The highest BCUT2D eigenvalue weighted by Crippen LogP contribution is 2.32. The van der Waals surface area contributed by atoms with Crippen LogP contribution >= 0.6 is 35.0 Å². The maximum Gasteiger partial charge on any atom is 0.142 e. The highest BCUT2D eigenvalue weighted by Gasteiger charge is 2.08. The van der Waals surface area contributed by atoms with Crippen LogP contribution in [0.4, 0.5) is 0 Å². The number of pyridine rings is 1. The highest BCUT2D eigenvalue weighted by atomic mass is 35.5. The van der Waals surface area contributed by atoms with Crippen LogP contribution in [0, 0.1) is 5.41 Å². The van der Waals surface area contributed by atoms with Crippen LogP contribution in [0.2, 0.25) is 10.0 Å². The number of nitrogens with zero attached hydrogens (tertiary/aromatic N) is 1. The molecule has 0 fully saturated rings. The van der Waals surface area contributed by atoms with Crippen molar-refractivity contribution >= 4 is 40.8 Å². The molecule has 2 rings (SSSR count). The molecule has 19 heavy (non-hydrogen) atoms. The zero-order valence-electron chi connectivity index (χ0n) is 9.86. The third-order valence-electron chi connectivity index (χ3n) is 2.42. The third-order valence-corrected chi connectivity index (χ3v) is 4.20. The van der Waals surface area contributed by atoms with Gasteiger partial charge in [0.15, 0.2) is 0 Å². The SMILES string of the molecule is N=C(N)c1ncccc1CSc1cc(Cl)ccc1Cl. The third kappa shape index (κ3) is 3.62. The number of benzene rings is 1. The van der Waals surface area contributed by atoms with E-state index in [1.807, 2.05) is 18.2 Å². The van der Waals surface area contributed by atoms with Gasteiger partial charge in [-0.25, -0.2) is 0 Å². The second-order valence-corrected chi connectivity index (χ2v) is 5.65. The Morgan fingerprint density at radius 2 is 2.11 bits per heavy atom. The number of amidine groups is 1. The molecule has 0 aliphatic rings. The lowest BCUT2D eigenvalue weighted by atomic mass is 10.2. The van der Waals surface area contributed by atoms with Crippen molar-refractivity contribution in [2.75, 3.05) is 0 Å². The van der Waals surface area contributed by atoms with Crippen molar-refractivity contribution in [3.63, 3.8) is 0 Å². The van der Waals surface area contributed by atoms with Gasteiger partial charge in [0.1, 0.15) is 11.5 Å². The second kappa shape index (κ2) is 6.28. The van der Waals surface area contributed by atoms with Crippen molar-refractivity contribution in [2.24, 2.45) is 5.73 Å². The number of nitrogen functional groups attached to an aromatic ring is 1. The summed E-state index contributed by atoms with van der Waals surface area (Å²) in [7, 11) is 0. The molecule has 0 spiro atoms. The Morgan fingerprint density at radius 3 is 2.84 bits per heavy atom. The number of thioether (sulfide) groups is 1. The van der Waals surface area contributed by atoms with Crippen molar-refractivity contribution in [3.8, 4) is 0 Å². The fourth-order valence-electron chi connectivity index (χ4n) is 1.54. The molecule has 1 heterocycles. The van der Waals surface area contributed by atoms with Crippen LogP contribution in [0.25, 0.3) is 0 Å². The number of hydrogen-bond acceptors (Lipinski definition) is 3. The van der Waals surface area contributed by atoms with Crippen LogP contribution < -0.4 is 5.73 Å². The number of halogens is 2. The first-order valence-electron chi connectivity index (χ1n) is 5.44. The first kappa shape index (κ1) is 14.2. The van der Waals surface area contributed by atoms with Crippen LogP contribution in [0.5, 0.6) is 0 Å². The van der Waals surface area contributed by atoms with Gasteiger partial charge in [0.05, 0.1) is 5.02 Å². The second-order valence-electron chi connectivity index (χ2n) is 3.79. The fraction of sp³-hybridized carbons (Fsp3) is 0.0769. The van der Waals surface area contributed by atoms with E-state index in [1.165, 1.54) is 11.8 Å². The Balaban J connectivity index is 2.19. The van der Waals surface area contributed by atoms with Crippen molar-refractivity contribution in [2.45, 2.75) is 10.6 Å². The van der Waals surface area contributed by atoms with E-state index in [4.69, 9.17) is 34.3 Å². The van der Waals surface area contributed by atoms with E-state index in [9.17, 15) is 0 Å². The molecule has 0 aliphatic carbocycles. The summed E-state index contributed by atoms with van der Waals surface area (Å²) in [6, 6.07) is 9.05. The minimum Gasteiger partial charge on any atom is -0.382 e. The molecule has 0 atom stereocenters. The van der Waals surface area contributed by atoms with Crippen molar-refractivity contribution in [3.05, 3.63) is 57.8 Å². The van der Waals surface area contributed by atoms with Gasteiger partial charge in [0.2, 0.25) is 0 Å². The molecular formula is C13H11Cl2N3S. The quantitative estimate of drug-likeness (QED) is 0.510. The summed E-state index contributed by atoms with van der Waals surface area (Å²) in [5, 5.41) is 8.79. The van der Waals surface area contributed by atoms with E-state index in [-0.39, 0.29) is 5.84 Å². The summed E-state index contributed by atoms with van der Waals surface area (Å²) in [6.45, 7) is 0. The monoisotopic (exact) mass is 311 g/mol. The molecule has 0 aliphatic heterocycles. The summed E-state index contributed by atoms with van der Waals surface area (Å²) >= 11 is 13.6. The minimum atomic E-state index is -0.0339. The topological polar surface area (TPSA) is 62.8 Å². The highest BCUT2D eigenvalue weighted by molar-refractivity contribution is 7.98. The standard InChI is InChI=1S/C13H11Cl2N3S/c14-9-3-4-10(15)11(6-9)19-7-8-2-1-5-18-12(8)13(16)17/h1-6H,7H2,(H3,16,17). The van der Waals surface area contributed by atoms with Crippen molar-refractivity contribution in [1.29, 1.82) is 5.41 Å². The van der Waals surface area contributed by atoms with Gasteiger partial charge in [-0.3, -0.25) is 10.4 Å². The van der Waals surface area contributed by atoms with Gasteiger partial charge in [0.25, 0.3) is 0 Å². The molecule has 6 heteroatoms. The van der Waals surface area contributed by atoms with Crippen molar-refractivity contribution < 1.29 is 0 Å². The molecule has 0 saturated heterocycles. The maximum atomic E-state index is 7.49. The van der Waals surface area contributed by atoms with E-state index in [1.54, 1.807) is 18.3 Å². The minimum absolute atomic E-state index is 0.0339. The van der Waals surface area contributed by atoms with E-state index in [0.717, 1.165) is 10.5 Å². The average Bonchev–Trinajstić information content (AvgIpc) is 2.40. The predicted molar refractivity (Wildman–Crippen MR) is 81.3 cm³/mol. The molecule has 0 bridgehead atoms. The van der Waals surface area contributed by atoms with Gasteiger partial charge in [-0.2, -0.15) is 0 Å². The van der Waals surface area contributed by atoms with Gasteiger partial charge in [0, 0.05) is 21.9 Å². The molecule has 0 unspecified atom stereocenters. The van der Waals surface area contributed by atoms with Gasteiger partial charge >= 0.3 is 0 Å². The molecule has 0 saturated carbocycles. The van der Waals surface area contributed by atoms with Crippen LogP contribution in [0.3, 0.4) is 0 Å². The van der Waals surface area contributed by atoms with Gasteiger partial charge in [-0.15, -0.1) is 11.8 Å². The Bertz CT molecular complexity index is 617. The molecule has 1 aromatic heterocycles. The Hall–Kier alpha value is -1.23. The lowest BCUT2D eigenvalue weighted by Gasteiger charge is -2.08. The molecule has 1 aromatic carbocycles. The van der Waals surface area contributed by atoms with Crippen LogP contribution in [0.15, 0.2) is 41.4 Å². The lowest BCUT2D eigenvalue weighted by molar-refractivity contribution is 1.19. The number of hydrogen-bond donors (Lipinski definition) is 2. The van der Waals surface area contributed by atoms with E-state index < -0.39 is 0 Å². The van der Waals surface area contributed by atoms with Gasteiger partial charge in [-0.1, -0.05) is 29.3 Å². The smallest absolute Gasteiger partial charge is 0.142 e. The van der Waals surface area contributed by atoms with E-state index in [2.05, 4.69) is 4.98 Å². The van der Waals surface area contributed by atoms with Gasteiger partial charge < -0.3 is 5.73 Å². The predicted octanol–water partition coefficient (Wildman–Crippen LogP) is 3.96. The number of nitrogens with one attached hydrogen (secondary N) is 1. The molecular weight excluding hydrogens is 301 g/mol. The summed E-state index contributed by atoms with van der Waals surface area (Å²) in [4.78, 5) is 5.00. The normalized spacial score (nSPS) is 10.4. The van der Waals surface area contributed by atoms with Crippen LogP contribution in [-0.2, 0) is 5.75 Å². The molecule has 0 amide bonds.